The summed E-state index contributed by atoms with van der Waals surface area (Å²) in [4.78, 5) is 26.7. The van der Waals surface area contributed by atoms with Gasteiger partial charge in [0.25, 0.3) is 5.91 Å². The van der Waals surface area contributed by atoms with Crippen LogP contribution in [0.15, 0.2) is 24.3 Å². The molecule has 1 aliphatic carbocycles. The minimum atomic E-state index is -0.0118. The molecule has 4 atom stereocenters. The Balaban J connectivity index is 0.00000261. The van der Waals surface area contributed by atoms with Gasteiger partial charge in [-0.05, 0) is 56.9 Å². The van der Waals surface area contributed by atoms with Gasteiger partial charge in [-0.1, -0.05) is 6.42 Å². The molecule has 27 heavy (non-hydrogen) atoms. The van der Waals surface area contributed by atoms with Gasteiger partial charge in [-0.3, -0.25) is 9.59 Å². The highest BCUT2D eigenvalue weighted by Crippen LogP contribution is 2.27. The molecule has 3 N–H and O–H groups in total. The van der Waals surface area contributed by atoms with Crippen LogP contribution in [-0.4, -0.2) is 48.1 Å². The van der Waals surface area contributed by atoms with Crippen molar-refractivity contribution in [2.75, 3.05) is 18.4 Å². The number of morpholine rings is 1. The topological polar surface area (TPSA) is 84.7 Å². The normalized spacial score (nSPS) is 27.7. The summed E-state index contributed by atoms with van der Waals surface area (Å²) in [5, 5.41) is 2.91. The molecule has 1 heterocycles. The first-order valence-corrected chi connectivity index (χ1v) is 9.52. The molecule has 1 aromatic rings. The van der Waals surface area contributed by atoms with Crippen LogP contribution in [-0.2, 0) is 9.53 Å². The van der Waals surface area contributed by atoms with E-state index in [2.05, 4.69) is 5.32 Å². The van der Waals surface area contributed by atoms with E-state index in [0.29, 0.717) is 30.8 Å². The van der Waals surface area contributed by atoms with Gasteiger partial charge in [0.1, 0.15) is 0 Å². The van der Waals surface area contributed by atoms with Gasteiger partial charge in [0, 0.05) is 36.8 Å². The molecular formula is C20H30ClN3O3. The van der Waals surface area contributed by atoms with Crippen LogP contribution in [0.4, 0.5) is 5.69 Å². The molecule has 2 amide bonds. The van der Waals surface area contributed by atoms with E-state index >= 15 is 0 Å². The number of halogens is 1. The molecule has 0 radical (unpaired) electrons. The van der Waals surface area contributed by atoms with Crippen molar-refractivity contribution in [1.29, 1.82) is 0 Å². The number of nitrogens with zero attached hydrogens (tertiary/aromatic N) is 1. The Kier molecular flexibility index (Phi) is 7.65. The SMILES string of the molecule is CC1CN(C(=O)c2ccc(NC(=O)C[C@@H]3CCC[C@H]3N)cc2)CC(C)O1.Cl. The van der Waals surface area contributed by atoms with Gasteiger partial charge < -0.3 is 20.7 Å². The van der Waals surface area contributed by atoms with Crippen molar-refractivity contribution >= 4 is 29.9 Å². The van der Waals surface area contributed by atoms with Crippen molar-refractivity contribution < 1.29 is 14.3 Å². The third-order valence-electron chi connectivity index (χ3n) is 5.29. The second kappa shape index (κ2) is 9.53. The summed E-state index contributed by atoms with van der Waals surface area (Å²) in [6.07, 6.45) is 3.69. The number of hydrogen-bond donors (Lipinski definition) is 2. The monoisotopic (exact) mass is 395 g/mol. The summed E-state index contributed by atoms with van der Waals surface area (Å²) in [7, 11) is 0. The number of hydrogen-bond acceptors (Lipinski definition) is 4. The molecule has 2 fully saturated rings. The average molecular weight is 396 g/mol. The number of nitrogens with one attached hydrogen (secondary N) is 1. The lowest BCUT2D eigenvalue weighted by molar-refractivity contribution is -0.117. The standard InChI is InChI=1S/C20H29N3O3.ClH/c1-13-11-23(12-14(2)26-13)20(25)15-6-8-17(9-7-15)22-19(24)10-16-4-3-5-18(16)21;/h6-9,13-14,16,18H,3-5,10-12,21H2,1-2H3,(H,22,24);1H/t13?,14?,16-,18+;/m0./s1. The molecule has 0 spiro atoms. The Bertz CT molecular complexity index is 642. The van der Waals surface area contributed by atoms with E-state index in [-0.39, 0.29) is 48.4 Å². The molecule has 0 bridgehead atoms. The highest BCUT2D eigenvalue weighted by molar-refractivity contribution is 5.96. The molecule has 1 saturated heterocycles. The highest BCUT2D eigenvalue weighted by Gasteiger charge is 2.27. The maximum Gasteiger partial charge on any atom is 0.254 e. The minimum absolute atomic E-state index is 0. The number of benzene rings is 1. The first kappa shape index (κ1) is 21.7. The van der Waals surface area contributed by atoms with E-state index in [9.17, 15) is 9.59 Å². The van der Waals surface area contributed by atoms with Crippen LogP contribution in [0.2, 0.25) is 0 Å². The zero-order chi connectivity index (χ0) is 18.7. The minimum Gasteiger partial charge on any atom is -0.372 e. The molecule has 150 valence electrons. The lowest BCUT2D eigenvalue weighted by Crippen LogP contribution is -2.48. The fourth-order valence-electron chi connectivity index (χ4n) is 3.99. The van der Waals surface area contributed by atoms with Crippen molar-refractivity contribution in [2.45, 2.75) is 57.8 Å². The summed E-state index contributed by atoms with van der Waals surface area (Å²) < 4.78 is 5.68. The Morgan fingerprint density at radius 3 is 2.33 bits per heavy atom. The molecule has 1 aromatic carbocycles. The molecule has 3 rings (SSSR count). The third kappa shape index (κ3) is 5.67. The summed E-state index contributed by atoms with van der Waals surface area (Å²) >= 11 is 0. The van der Waals surface area contributed by atoms with Crippen LogP contribution in [0.25, 0.3) is 0 Å². The van der Waals surface area contributed by atoms with Gasteiger partial charge in [0.05, 0.1) is 12.2 Å². The summed E-state index contributed by atoms with van der Waals surface area (Å²) in [6.45, 7) is 5.15. The van der Waals surface area contributed by atoms with Crippen molar-refractivity contribution in [3.05, 3.63) is 29.8 Å². The number of anilines is 1. The van der Waals surface area contributed by atoms with E-state index in [1.54, 1.807) is 24.3 Å². The highest BCUT2D eigenvalue weighted by atomic mass is 35.5. The van der Waals surface area contributed by atoms with E-state index in [1.165, 1.54) is 0 Å². The number of rotatable bonds is 4. The molecular weight excluding hydrogens is 366 g/mol. The second-order valence-electron chi connectivity index (χ2n) is 7.65. The predicted molar refractivity (Wildman–Crippen MR) is 108 cm³/mol. The zero-order valence-electron chi connectivity index (χ0n) is 16.0. The number of amides is 2. The van der Waals surface area contributed by atoms with Gasteiger partial charge in [0.15, 0.2) is 0 Å². The first-order valence-electron chi connectivity index (χ1n) is 9.52. The second-order valence-corrected chi connectivity index (χ2v) is 7.65. The lowest BCUT2D eigenvalue weighted by atomic mass is 10.00. The predicted octanol–water partition coefficient (Wildman–Crippen LogP) is 2.81. The maximum absolute atomic E-state index is 12.7. The van der Waals surface area contributed by atoms with Gasteiger partial charge in [-0.2, -0.15) is 0 Å². The fraction of sp³-hybridized carbons (Fsp3) is 0.600. The average Bonchev–Trinajstić information content (AvgIpc) is 2.99. The third-order valence-corrected chi connectivity index (χ3v) is 5.29. The van der Waals surface area contributed by atoms with E-state index in [4.69, 9.17) is 10.5 Å². The quantitative estimate of drug-likeness (QED) is 0.820. The Morgan fingerprint density at radius 1 is 1.15 bits per heavy atom. The van der Waals surface area contributed by atoms with Crippen molar-refractivity contribution in [1.82, 2.24) is 4.90 Å². The van der Waals surface area contributed by atoms with Gasteiger partial charge in [-0.15, -0.1) is 12.4 Å². The number of ether oxygens (including phenoxy) is 1. The van der Waals surface area contributed by atoms with Gasteiger partial charge >= 0.3 is 0 Å². The number of carbonyl (C=O) groups is 2. The molecule has 7 heteroatoms. The summed E-state index contributed by atoms with van der Waals surface area (Å²) in [5.41, 5.74) is 7.37. The molecule has 0 aromatic heterocycles. The van der Waals surface area contributed by atoms with Crippen LogP contribution >= 0.6 is 12.4 Å². The van der Waals surface area contributed by atoms with Crippen LogP contribution < -0.4 is 11.1 Å². The fourth-order valence-corrected chi connectivity index (χ4v) is 3.99. The summed E-state index contributed by atoms with van der Waals surface area (Å²) in [6, 6.07) is 7.24. The molecule has 1 saturated carbocycles. The van der Waals surface area contributed by atoms with Gasteiger partial charge in [-0.25, -0.2) is 0 Å². The van der Waals surface area contributed by atoms with Crippen LogP contribution in [0.5, 0.6) is 0 Å². The number of nitrogens with two attached hydrogens (primary N) is 1. The molecule has 2 aliphatic rings. The van der Waals surface area contributed by atoms with Crippen molar-refractivity contribution in [3.8, 4) is 0 Å². The van der Waals surface area contributed by atoms with Crippen molar-refractivity contribution in [3.63, 3.8) is 0 Å². The summed E-state index contributed by atoms with van der Waals surface area (Å²) in [5.74, 6) is 0.269. The van der Waals surface area contributed by atoms with Gasteiger partial charge in [0.2, 0.25) is 5.91 Å². The lowest BCUT2D eigenvalue weighted by Gasteiger charge is -2.35. The zero-order valence-corrected chi connectivity index (χ0v) is 16.8. The molecule has 6 nitrogen and oxygen atoms in total. The van der Waals surface area contributed by atoms with Crippen molar-refractivity contribution in [2.24, 2.45) is 11.7 Å². The first-order chi connectivity index (χ1) is 12.4. The van der Waals surface area contributed by atoms with Crippen LogP contribution in [0, 0.1) is 5.92 Å². The van der Waals surface area contributed by atoms with Crippen LogP contribution in [0.3, 0.4) is 0 Å². The largest absolute Gasteiger partial charge is 0.372 e. The Labute approximate surface area is 167 Å². The Hall–Kier alpha value is -1.63. The smallest absolute Gasteiger partial charge is 0.254 e. The van der Waals surface area contributed by atoms with E-state index in [0.717, 1.165) is 19.3 Å². The van der Waals surface area contributed by atoms with E-state index < -0.39 is 0 Å². The Morgan fingerprint density at radius 2 is 1.78 bits per heavy atom. The van der Waals surface area contributed by atoms with E-state index in [1.807, 2.05) is 18.7 Å². The number of carbonyl (C=O) groups excluding carboxylic acids is 2. The van der Waals surface area contributed by atoms with Crippen LogP contribution in [0.1, 0.15) is 49.9 Å². The molecule has 1 aliphatic heterocycles. The maximum atomic E-state index is 12.7. The molecule has 2 unspecified atom stereocenters.